The standard InChI is InChI=1S/C9H13NO3/c1-6(2)8-5-7(11)3-4-10(8)9(12)13/h3-4,6,8H,5H2,1-2H3,(H,12,13). The normalized spacial score (nSPS) is 22.5. The molecule has 1 rings (SSSR count). The number of carboxylic acid groups (broad SMARTS) is 1. The summed E-state index contributed by atoms with van der Waals surface area (Å²) in [5.41, 5.74) is 0. The van der Waals surface area contributed by atoms with Crippen LogP contribution in [-0.4, -0.2) is 27.9 Å². The maximum atomic E-state index is 11.0. The summed E-state index contributed by atoms with van der Waals surface area (Å²) in [4.78, 5) is 23.0. The molecule has 0 spiro atoms. The van der Waals surface area contributed by atoms with Gasteiger partial charge in [-0.15, -0.1) is 0 Å². The highest BCUT2D eigenvalue weighted by atomic mass is 16.4. The lowest BCUT2D eigenvalue weighted by molar-refractivity contribution is -0.116. The Kier molecular flexibility index (Phi) is 2.70. The molecule has 0 aromatic heterocycles. The van der Waals surface area contributed by atoms with Gasteiger partial charge in [0.2, 0.25) is 0 Å². The summed E-state index contributed by atoms with van der Waals surface area (Å²) in [6, 6.07) is -0.213. The minimum absolute atomic E-state index is 0.00352. The van der Waals surface area contributed by atoms with Gasteiger partial charge < -0.3 is 5.11 Å². The number of ketones is 1. The SMILES string of the molecule is CC(C)C1CC(=O)C=CN1C(=O)O. The predicted octanol–water partition coefficient (Wildman–Crippen LogP) is 1.48. The van der Waals surface area contributed by atoms with Crippen LogP contribution in [0, 0.1) is 5.92 Å². The van der Waals surface area contributed by atoms with Gasteiger partial charge in [-0.1, -0.05) is 13.8 Å². The maximum Gasteiger partial charge on any atom is 0.411 e. The number of nitrogens with zero attached hydrogens (tertiary/aromatic N) is 1. The smallest absolute Gasteiger partial charge is 0.411 e. The van der Waals surface area contributed by atoms with Gasteiger partial charge in [0.1, 0.15) is 0 Å². The molecule has 1 amide bonds. The molecule has 1 unspecified atom stereocenters. The number of carbonyl (C=O) groups is 2. The molecule has 0 bridgehead atoms. The first kappa shape index (κ1) is 9.77. The molecule has 0 aromatic carbocycles. The fourth-order valence-electron chi connectivity index (χ4n) is 1.41. The molecule has 4 heteroatoms. The van der Waals surface area contributed by atoms with E-state index in [1.165, 1.54) is 17.2 Å². The molecule has 4 nitrogen and oxygen atoms in total. The minimum atomic E-state index is -0.998. The van der Waals surface area contributed by atoms with Crippen molar-refractivity contribution in [3.63, 3.8) is 0 Å². The summed E-state index contributed by atoms with van der Waals surface area (Å²) in [5, 5.41) is 8.81. The predicted molar refractivity (Wildman–Crippen MR) is 47.3 cm³/mol. The van der Waals surface area contributed by atoms with Crippen molar-refractivity contribution < 1.29 is 14.7 Å². The van der Waals surface area contributed by atoms with E-state index in [-0.39, 0.29) is 17.7 Å². The lowest BCUT2D eigenvalue weighted by Gasteiger charge is -2.31. The molecule has 1 aliphatic rings. The third-order valence-corrected chi connectivity index (χ3v) is 2.18. The fraction of sp³-hybridized carbons (Fsp3) is 0.556. The number of amides is 1. The van der Waals surface area contributed by atoms with Crippen LogP contribution in [0.15, 0.2) is 12.3 Å². The van der Waals surface area contributed by atoms with Gasteiger partial charge >= 0.3 is 6.09 Å². The summed E-state index contributed by atoms with van der Waals surface area (Å²) >= 11 is 0. The highest BCUT2D eigenvalue weighted by Gasteiger charge is 2.28. The Morgan fingerprint density at radius 3 is 2.77 bits per heavy atom. The van der Waals surface area contributed by atoms with Crippen molar-refractivity contribution in [3.05, 3.63) is 12.3 Å². The van der Waals surface area contributed by atoms with E-state index in [9.17, 15) is 9.59 Å². The van der Waals surface area contributed by atoms with Crippen LogP contribution < -0.4 is 0 Å². The van der Waals surface area contributed by atoms with Crippen molar-refractivity contribution in [1.82, 2.24) is 4.90 Å². The molecule has 13 heavy (non-hydrogen) atoms. The van der Waals surface area contributed by atoms with Crippen molar-refractivity contribution in [2.75, 3.05) is 0 Å². The average Bonchev–Trinajstić information content (AvgIpc) is 2.03. The van der Waals surface area contributed by atoms with E-state index in [1.54, 1.807) is 0 Å². The first-order valence-electron chi connectivity index (χ1n) is 4.24. The summed E-state index contributed by atoms with van der Waals surface area (Å²) in [6.07, 6.45) is 1.95. The van der Waals surface area contributed by atoms with E-state index in [0.717, 1.165) is 0 Å². The second kappa shape index (κ2) is 3.60. The summed E-state index contributed by atoms with van der Waals surface area (Å²) in [7, 11) is 0. The molecule has 1 heterocycles. The topological polar surface area (TPSA) is 57.6 Å². The van der Waals surface area contributed by atoms with Gasteiger partial charge in [-0.2, -0.15) is 0 Å². The Bertz CT molecular complexity index is 258. The van der Waals surface area contributed by atoms with Crippen LogP contribution in [0.2, 0.25) is 0 Å². The quantitative estimate of drug-likeness (QED) is 0.669. The lowest BCUT2D eigenvalue weighted by Crippen LogP contribution is -2.42. The Hall–Kier alpha value is -1.32. The van der Waals surface area contributed by atoms with Gasteiger partial charge in [-0.05, 0) is 12.0 Å². The highest BCUT2D eigenvalue weighted by Crippen LogP contribution is 2.19. The van der Waals surface area contributed by atoms with Crippen LogP contribution in [-0.2, 0) is 4.79 Å². The molecule has 0 aliphatic carbocycles. The third kappa shape index (κ3) is 2.08. The highest BCUT2D eigenvalue weighted by molar-refractivity contribution is 5.92. The van der Waals surface area contributed by atoms with E-state index in [1.807, 2.05) is 13.8 Å². The second-order valence-corrected chi connectivity index (χ2v) is 3.49. The molecule has 1 aliphatic heterocycles. The van der Waals surface area contributed by atoms with Crippen molar-refractivity contribution >= 4 is 11.9 Å². The molecular formula is C9H13NO3. The van der Waals surface area contributed by atoms with E-state index >= 15 is 0 Å². The number of allylic oxidation sites excluding steroid dienone is 1. The summed E-state index contributed by atoms with van der Waals surface area (Å²) in [6.45, 7) is 3.82. The molecule has 72 valence electrons. The van der Waals surface area contributed by atoms with E-state index in [4.69, 9.17) is 5.11 Å². The van der Waals surface area contributed by atoms with Gasteiger partial charge in [0.05, 0.1) is 0 Å². The second-order valence-electron chi connectivity index (χ2n) is 3.49. The lowest BCUT2D eigenvalue weighted by atomic mass is 9.95. The summed E-state index contributed by atoms with van der Waals surface area (Å²) < 4.78 is 0. The van der Waals surface area contributed by atoms with Crippen LogP contribution in [0.3, 0.4) is 0 Å². The van der Waals surface area contributed by atoms with Crippen LogP contribution >= 0.6 is 0 Å². The maximum absolute atomic E-state index is 11.0. The number of hydrogen-bond donors (Lipinski definition) is 1. The number of hydrogen-bond acceptors (Lipinski definition) is 2. The van der Waals surface area contributed by atoms with Crippen molar-refractivity contribution in [2.45, 2.75) is 26.3 Å². The summed E-state index contributed by atoms with van der Waals surface area (Å²) in [5.74, 6) is 0.154. The van der Waals surface area contributed by atoms with E-state index in [2.05, 4.69) is 0 Å². The Labute approximate surface area is 76.8 Å². The molecule has 0 saturated heterocycles. The van der Waals surface area contributed by atoms with E-state index in [0.29, 0.717) is 6.42 Å². The Balaban J connectivity index is 2.85. The van der Waals surface area contributed by atoms with Gasteiger partial charge in [0, 0.05) is 18.7 Å². The van der Waals surface area contributed by atoms with Gasteiger partial charge in [0.25, 0.3) is 0 Å². The largest absolute Gasteiger partial charge is 0.465 e. The molecular weight excluding hydrogens is 170 g/mol. The number of carbonyl (C=O) groups excluding carboxylic acids is 1. The zero-order valence-corrected chi connectivity index (χ0v) is 7.73. The van der Waals surface area contributed by atoms with E-state index < -0.39 is 6.09 Å². The monoisotopic (exact) mass is 183 g/mol. The first-order chi connectivity index (χ1) is 6.02. The first-order valence-corrected chi connectivity index (χ1v) is 4.24. The van der Waals surface area contributed by atoms with Gasteiger partial charge in [-0.3, -0.25) is 9.69 Å². The molecule has 0 aromatic rings. The molecule has 0 saturated carbocycles. The minimum Gasteiger partial charge on any atom is -0.465 e. The Morgan fingerprint density at radius 1 is 1.69 bits per heavy atom. The zero-order chi connectivity index (χ0) is 10.0. The van der Waals surface area contributed by atoms with Crippen LogP contribution in [0.4, 0.5) is 4.79 Å². The van der Waals surface area contributed by atoms with Crippen molar-refractivity contribution in [3.8, 4) is 0 Å². The molecule has 0 radical (unpaired) electrons. The van der Waals surface area contributed by atoms with Crippen LogP contribution in [0.1, 0.15) is 20.3 Å². The van der Waals surface area contributed by atoms with Crippen LogP contribution in [0.5, 0.6) is 0 Å². The fourth-order valence-corrected chi connectivity index (χ4v) is 1.41. The number of rotatable bonds is 1. The van der Waals surface area contributed by atoms with Crippen LogP contribution in [0.25, 0.3) is 0 Å². The van der Waals surface area contributed by atoms with Crippen molar-refractivity contribution in [1.29, 1.82) is 0 Å². The average molecular weight is 183 g/mol. The van der Waals surface area contributed by atoms with Crippen molar-refractivity contribution in [2.24, 2.45) is 5.92 Å². The third-order valence-electron chi connectivity index (χ3n) is 2.18. The Morgan fingerprint density at radius 2 is 2.31 bits per heavy atom. The van der Waals surface area contributed by atoms with Gasteiger partial charge in [0.15, 0.2) is 5.78 Å². The zero-order valence-electron chi connectivity index (χ0n) is 7.73. The molecule has 1 atom stereocenters. The van der Waals surface area contributed by atoms with Gasteiger partial charge in [-0.25, -0.2) is 4.79 Å². The molecule has 1 N–H and O–H groups in total. The molecule has 0 fully saturated rings.